The number of aromatic amines is 1. The standard InChI is InChI=1S/C21H17N7O2/c1-11-14-9-13(6-7-17(14)27(25-11)12(2)29)16-10-18(30)28-21(24-16)19(20(22)26-28)15-5-3-4-8-23-15/h3-10,26H,22H2,1-2H3. The van der Waals surface area contributed by atoms with Gasteiger partial charge in [0.1, 0.15) is 5.82 Å². The second-order valence-corrected chi connectivity index (χ2v) is 7.00. The Balaban J connectivity index is 1.75. The van der Waals surface area contributed by atoms with E-state index in [9.17, 15) is 9.59 Å². The Morgan fingerprint density at radius 2 is 1.97 bits per heavy atom. The van der Waals surface area contributed by atoms with Crippen molar-refractivity contribution in [3.63, 3.8) is 0 Å². The monoisotopic (exact) mass is 399 g/mol. The van der Waals surface area contributed by atoms with Crippen LogP contribution in [-0.4, -0.2) is 35.3 Å². The first kappa shape index (κ1) is 17.8. The highest BCUT2D eigenvalue weighted by molar-refractivity contribution is 5.94. The number of aryl methyl sites for hydroxylation is 1. The summed E-state index contributed by atoms with van der Waals surface area (Å²) in [6.07, 6.45) is 1.66. The van der Waals surface area contributed by atoms with Gasteiger partial charge in [-0.3, -0.25) is 19.7 Å². The van der Waals surface area contributed by atoms with Crippen molar-refractivity contribution in [1.29, 1.82) is 0 Å². The van der Waals surface area contributed by atoms with Gasteiger partial charge in [0.05, 0.1) is 28.2 Å². The van der Waals surface area contributed by atoms with Crippen LogP contribution in [0.1, 0.15) is 17.4 Å². The molecule has 9 heteroatoms. The molecule has 0 amide bonds. The van der Waals surface area contributed by atoms with Gasteiger partial charge in [-0.15, -0.1) is 0 Å². The molecule has 148 valence electrons. The van der Waals surface area contributed by atoms with Crippen LogP contribution in [0.15, 0.2) is 53.5 Å². The lowest BCUT2D eigenvalue weighted by Crippen LogP contribution is -2.14. The zero-order valence-corrected chi connectivity index (χ0v) is 16.2. The molecular formula is C21H17N7O2. The fourth-order valence-corrected chi connectivity index (χ4v) is 3.63. The van der Waals surface area contributed by atoms with E-state index in [1.165, 1.54) is 22.2 Å². The molecule has 5 aromatic rings. The normalized spacial score (nSPS) is 11.4. The fraction of sp³-hybridized carbons (Fsp3) is 0.0952. The number of anilines is 1. The molecule has 0 bridgehead atoms. The van der Waals surface area contributed by atoms with Gasteiger partial charge in [-0.25, -0.2) is 9.67 Å². The first-order chi connectivity index (χ1) is 14.4. The van der Waals surface area contributed by atoms with Crippen LogP contribution in [0, 0.1) is 6.92 Å². The van der Waals surface area contributed by atoms with Gasteiger partial charge in [0, 0.05) is 30.1 Å². The van der Waals surface area contributed by atoms with Crippen molar-refractivity contribution in [3.8, 4) is 22.5 Å². The van der Waals surface area contributed by atoms with E-state index in [0.717, 1.165) is 16.6 Å². The highest BCUT2D eigenvalue weighted by atomic mass is 16.2. The second kappa shape index (κ2) is 6.38. The van der Waals surface area contributed by atoms with Gasteiger partial charge >= 0.3 is 0 Å². The quantitative estimate of drug-likeness (QED) is 0.470. The highest BCUT2D eigenvalue weighted by Crippen LogP contribution is 2.29. The maximum absolute atomic E-state index is 12.7. The summed E-state index contributed by atoms with van der Waals surface area (Å²) in [7, 11) is 0. The third-order valence-corrected chi connectivity index (χ3v) is 5.02. The van der Waals surface area contributed by atoms with Crippen LogP contribution in [0.4, 0.5) is 5.82 Å². The topological polar surface area (TPSA) is 124 Å². The molecule has 9 nitrogen and oxygen atoms in total. The molecule has 4 heterocycles. The van der Waals surface area contributed by atoms with Crippen LogP contribution >= 0.6 is 0 Å². The van der Waals surface area contributed by atoms with Crippen LogP contribution in [0.25, 0.3) is 39.1 Å². The Morgan fingerprint density at radius 3 is 2.70 bits per heavy atom. The van der Waals surface area contributed by atoms with Gasteiger partial charge in [-0.1, -0.05) is 12.1 Å². The van der Waals surface area contributed by atoms with Crippen molar-refractivity contribution in [1.82, 2.24) is 29.4 Å². The summed E-state index contributed by atoms with van der Waals surface area (Å²) in [5.41, 5.74) is 10.1. The van der Waals surface area contributed by atoms with Crippen LogP contribution in [-0.2, 0) is 0 Å². The molecule has 0 atom stereocenters. The van der Waals surface area contributed by atoms with Gasteiger partial charge < -0.3 is 5.73 Å². The molecule has 0 saturated heterocycles. The zero-order valence-electron chi connectivity index (χ0n) is 16.2. The number of nitrogens with two attached hydrogens (primary N) is 1. The zero-order chi connectivity index (χ0) is 21.0. The number of nitrogen functional groups attached to an aromatic ring is 1. The predicted molar refractivity (Wildman–Crippen MR) is 113 cm³/mol. The van der Waals surface area contributed by atoms with Crippen molar-refractivity contribution >= 4 is 28.3 Å². The minimum absolute atomic E-state index is 0.165. The van der Waals surface area contributed by atoms with Crippen molar-refractivity contribution < 1.29 is 4.79 Å². The number of hydrogen-bond acceptors (Lipinski definition) is 6. The number of carbonyl (C=O) groups is 1. The van der Waals surface area contributed by atoms with Crippen molar-refractivity contribution in [2.75, 3.05) is 5.73 Å². The van der Waals surface area contributed by atoms with Crippen molar-refractivity contribution in [2.24, 2.45) is 0 Å². The number of benzene rings is 1. The Kier molecular flexibility index (Phi) is 3.78. The summed E-state index contributed by atoms with van der Waals surface area (Å²) in [5, 5.41) is 7.98. The first-order valence-electron chi connectivity index (χ1n) is 9.27. The largest absolute Gasteiger partial charge is 0.383 e. The van der Waals surface area contributed by atoms with E-state index in [0.29, 0.717) is 33.9 Å². The predicted octanol–water partition coefficient (Wildman–Crippen LogP) is 2.65. The molecule has 4 aromatic heterocycles. The molecule has 0 aliphatic rings. The molecule has 0 fully saturated rings. The summed E-state index contributed by atoms with van der Waals surface area (Å²) in [4.78, 5) is 33.6. The van der Waals surface area contributed by atoms with E-state index in [1.807, 2.05) is 31.2 Å². The third kappa shape index (κ3) is 2.60. The maximum Gasteiger partial charge on any atom is 0.273 e. The minimum atomic E-state index is -0.292. The third-order valence-electron chi connectivity index (χ3n) is 5.02. The average Bonchev–Trinajstić information content (AvgIpc) is 3.25. The summed E-state index contributed by atoms with van der Waals surface area (Å²) in [5.74, 6) is 0.144. The van der Waals surface area contributed by atoms with Crippen LogP contribution in [0.3, 0.4) is 0 Å². The van der Waals surface area contributed by atoms with Gasteiger partial charge in [-0.05, 0) is 31.2 Å². The second-order valence-electron chi connectivity index (χ2n) is 7.00. The van der Waals surface area contributed by atoms with E-state index >= 15 is 0 Å². The highest BCUT2D eigenvalue weighted by Gasteiger charge is 2.18. The van der Waals surface area contributed by atoms with Crippen LogP contribution < -0.4 is 11.3 Å². The van der Waals surface area contributed by atoms with E-state index in [-0.39, 0.29) is 11.5 Å². The summed E-state index contributed by atoms with van der Waals surface area (Å²) < 4.78 is 2.67. The number of fused-ring (bicyclic) bond motifs is 2. The average molecular weight is 399 g/mol. The number of nitrogens with one attached hydrogen (secondary N) is 1. The summed E-state index contributed by atoms with van der Waals surface area (Å²) in [6.45, 7) is 3.30. The van der Waals surface area contributed by atoms with Gasteiger partial charge in [-0.2, -0.15) is 9.61 Å². The molecule has 0 unspecified atom stereocenters. The molecule has 0 aliphatic heterocycles. The Labute approximate surface area is 169 Å². The Bertz CT molecular complexity index is 1510. The van der Waals surface area contributed by atoms with E-state index in [2.05, 4.69) is 15.2 Å². The lowest BCUT2D eigenvalue weighted by molar-refractivity contribution is 0.0926. The minimum Gasteiger partial charge on any atom is -0.383 e. The van der Waals surface area contributed by atoms with Crippen molar-refractivity contribution in [3.05, 3.63) is 64.7 Å². The summed E-state index contributed by atoms with van der Waals surface area (Å²) in [6, 6.07) is 12.4. The number of carbonyl (C=O) groups excluding carboxylic acids is 1. The molecule has 5 rings (SSSR count). The molecule has 0 saturated carbocycles. The number of rotatable bonds is 2. The molecule has 30 heavy (non-hydrogen) atoms. The van der Waals surface area contributed by atoms with Gasteiger partial charge in [0.25, 0.3) is 5.56 Å². The van der Waals surface area contributed by atoms with Crippen LogP contribution in [0.5, 0.6) is 0 Å². The van der Waals surface area contributed by atoms with E-state index < -0.39 is 0 Å². The SMILES string of the molecule is CC(=O)n1nc(C)c2cc(-c3cc(=O)n4[nH]c(N)c(-c5ccccn5)c4n3)ccc21. The van der Waals surface area contributed by atoms with Crippen LogP contribution in [0.2, 0.25) is 0 Å². The lowest BCUT2D eigenvalue weighted by atomic mass is 10.1. The molecule has 0 radical (unpaired) electrons. The number of H-pyrrole nitrogens is 1. The van der Waals surface area contributed by atoms with Gasteiger partial charge in [0.2, 0.25) is 5.91 Å². The smallest absolute Gasteiger partial charge is 0.273 e. The Hall–Kier alpha value is -4.27. The lowest BCUT2D eigenvalue weighted by Gasteiger charge is -2.04. The molecular weight excluding hydrogens is 382 g/mol. The number of aromatic nitrogens is 6. The summed E-state index contributed by atoms with van der Waals surface area (Å²) >= 11 is 0. The number of hydrogen-bond donors (Lipinski definition) is 2. The first-order valence-corrected chi connectivity index (χ1v) is 9.27. The van der Waals surface area contributed by atoms with Gasteiger partial charge in [0.15, 0.2) is 5.65 Å². The number of nitrogens with zero attached hydrogens (tertiary/aromatic N) is 5. The molecule has 0 spiro atoms. The molecule has 3 N–H and O–H groups in total. The Morgan fingerprint density at radius 1 is 1.13 bits per heavy atom. The van der Waals surface area contributed by atoms with Crippen molar-refractivity contribution in [2.45, 2.75) is 13.8 Å². The molecule has 0 aliphatic carbocycles. The van der Waals surface area contributed by atoms with E-state index in [1.54, 1.807) is 18.3 Å². The fourth-order valence-electron chi connectivity index (χ4n) is 3.63. The molecule has 1 aromatic carbocycles. The maximum atomic E-state index is 12.7. The van der Waals surface area contributed by atoms with E-state index in [4.69, 9.17) is 10.7 Å². The number of pyridine rings is 1.